The average Bonchev–Trinajstić information content (AvgIpc) is 3.54. The van der Waals surface area contributed by atoms with Crippen molar-refractivity contribution in [3.05, 3.63) is 135 Å². The van der Waals surface area contributed by atoms with Crippen molar-refractivity contribution in [2.45, 2.75) is 24.8 Å². The lowest BCUT2D eigenvalue weighted by Gasteiger charge is -2.34. The molecule has 1 heterocycles. The Labute approximate surface area is 281 Å². The number of hydrogen-bond donors (Lipinski definition) is 2. The van der Waals surface area contributed by atoms with Gasteiger partial charge in [-0.1, -0.05) is 48.5 Å². The molecule has 0 saturated heterocycles. The van der Waals surface area contributed by atoms with E-state index in [0.29, 0.717) is 72.8 Å². The molecule has 12 heteroatoms. The molecule has 1 aliphatic heterocycles. The van der Waals surface area contributed by atoms with Crippen molar-refractivity contribution in [1.82, 2.24) is 5.32 Å². The van der Waals surface area contributed by atoms with E-state index in [4.69, 9.17) is 10.7 Å². The van der Waals surface area contributed by atoms with Gasteiger partial charge in [0.05, 0.1) is 28.2 Å². The number of nitriles is 3. The van der Waals surface area contributed by atoms with E-state index >= 15 is 0 Å². The zero-order chi connectivity index (χ0) is 35.7. The van der Waals surface area contributed by atoms with E-state index in [1.54, 1.807) is 43.3 Å². The molecule has 0 bridgehead atoms. The van der Waals surface area contributed by atoms with Crippen molar-refractivity contribution in [3.8, 4) is 40.5 Å². The minimum atomic E-state index is -4.51. The van der Waals surface area contributed by atoms with Crippen LogP contribution in [0.25, 0.3) is 39.1 Å². The molecule has 0 spiro atoms. The Morgan fingerprint density at radius 2 is 1.14 bits per heavy atom. The van der Waals surface area contributed by atoms with Gasteiger partial charge in [0.1, 0.15) is 35.0 Å². The van der Waals surface area contributed by atoms with Crippen molar-refractivity contribution in [2.75, 3.05) is 0 Å². The smallest absolute Gasteiger partial charge is 0.390 e. The Bertz CT molecular complexity index is 2390. The number of nitrogens with zero attached hydrogens (tertiary/aromatic N) is 4. The highest BCUT2D eigenvalue weighted by Crippen LogP contribution is 2.52. The van der Waals surface area contributed by atoms with Gasteiger partial charge >= 0.3 is 12.4 Å². The molecule has 0 saturated carbocycles. The van der Waals surface area contributed by atoms with E-state index in [9.17, 15) is 42.1 Å². The number of aliphatic imine (C=N–C) groups is 1. The number of hydrogen-bond acceptors (Lipinski definition) is 6. The lowest BCUT2D eigenvalue weighted by Crippen LogP contribution is -2.48. The summed E-state index contributed by atoms with van der Waals surface area (Å²) in [6.07, 6.45) is -9.01. The van der Waals surface area contributed by atoms with Crippen molar-refractivity contribution < 1.29 is 26.3 Å². The van der Waals surface area contributed by atoms with Gasteiger partial charge in [0.2, 0.25) is 0 Å². The fraction of sp³-hybridized carbons (Fsp3) is 0.105. The van der Waals surface area contributed by atoms with Crippen LogP contribution in [0.5, 0.6) is 0 Å². The first-order valence-electron chi connectivity index (χ1n) is 14.9. The Balaban J connectivity index is 1.42. The number of alkyl halides is 6. The van der Waals surface area contributed by atoms with Crippen LogP contribution in [0, 0.1) is 34.0 Å². The second-order valence-corrected chi connectivity index (χ2v) is 12.0. The van der Waals surface area contributed by atoms with Crippen LogP contribution in [0.2, 0.25) is 0 Å². The fourth-order valence-electron chi connectivity index (χ4n) is 6.77. The van der Waals surface area contributed by atoms with Crippen LogP contribution in [-0.4, -0.2) is 11.3 Å². The van der Waals surface area contributed by atoms with Gasteiger partial charge in [0.25, 0.3) is 0 Å². The maximum absolute atomic E-state index is 13.2. The van der Waals surface area contributed by atoms with E-state index in [2.05, 4.69) is 5.32 Å². The molecule has 3 aliphatic rings. The maximum atomic E-state index is 13.2. The molecule has 1 unspecified atom stereocenters. The highest BCUT2D eigenvalue weighted by Gasteiger charge is 2.50. The molecule has 244 valence electrons. The maximum Gasteiger partial charge on any atom is 0.416 e. The van der Waals surface area contributed by atoms with Crippen molar-refractivity contribution in [1.29, 1.82) is 15.8 Å². The van der Waals surface area contributed by atoms with Gasteiger partial charge in [-0.3, -0.25) is 0 Å². The molecule has 0 amide bonds. The van der Waals surface area contributed by atoms with E-state index in [-0.39, 0.29) is 11.3 Å². The molecule has 1 atom stereocenters. The standard InChI is InChI=1S/C38H20F6N6/c1-36-32(23(16-45)17-46)27-13-7-22(20-4-10-25(11-5-20)38(42,43)44)15-29(27)35(36)49-34-31(30(48)18-47)26-12-6-21(14-28(26)33(34)50-36)19-2-8-24(9-3-19)37(39,40)41/h2-15,50H,48H2,1H3/b31-30-. The third-order valence-corrected chi connectivity index (χ3v) is 9.10. The van der Waals surface area contributed by atoms with E-state index < -0.39 is 29.0 Å². The Morgan fingerprint density at radius 1 is 0.660 bits per heavy atom. The predicted molar refractivity (Wildman–Crippen MR) is 174 cm³/mol. The first-order chi connectivity index (χ1) is 23.7. The minimum absolute atomic E-state index is 0.143. The van der Waals surface area contributed by atoms with Gasteiger partial charge in [0, 0.05) is 22.3 Å². The van der Waals surface area contributed by atoms with Crippen LogP contribution in [0.3, 0.4) is 0 Å². The monoisotopic (exact) mass is 674 g/mol. The molecule has 7 rings (SSSR count). The summed E-state index contributed by atoms with van der Waals surface area (Å²) in [6, 6.07) is 25.5. The van der Waals surface area contributed by atoms with Crippen LogP contribution < -0.4 is 11.1 Å². The van der Waals surface area contributed by atoms with Crippen LogP contribution in [0.1, 0.15) is 40.3 Å². The first-order valence-corrected chi connectivity index (χ1v) is 14.9. The van der Waals surface area contributed by atoms with E-state index in [1.165, 1.54) is 24.3 Å². The molecule has 50 heavy (non-hydrogen) atoms. The van der Waals surface area contributed by atoms with Gasteiger partial charge in [-0.2, -0.15) is 42.1 Å². The normalized spacial score (nSPS) is 18.4. The minimum Gasteiger partial charge on any atom is -0.390 e. The second kappa shape index (κ2) is 11.0. The molecule has 4 aromatic carbocycles. The number of halogens is 6. The van der Waals surface area contributed by atoms with Gasteiger partial charge in [-0.05, 0) is 76.7 Å². The molecule has 2 aliphatic carbocycles. The lowest BCUT2D eigenvalue weighted by molar-refractivity contribution is -0.138. The molecule has 6 nitrogen and oxygen atoms in total. The highest BCUT2D eigenvalue weighted by molar-refractivity contribution is 6.27. The quantitative estimate of drug-likeness (QED) is 0.163. The van der Waals surface area contributed by atoms with Crippen LogP contribution in [0.4, 0.5) is 26.3 Å². The van der Waals surface area contributed by atoms with E-state index in [0.717, 1.165) is 24.3 Å². The van der Waals surface area contributed by atoms with Gasteiger partial charge in [-0.25, -0.2) is 4.99 Å². The average molecular weight is 675 g/mol. The number of benzene rings is 4. The summed E-state index contributed by atoms with van der Waals surface area (Å²) in [4.78, 5) is 5.03. The van der Waals surface area contributed by atoms with Crippen molar-refractivity contribution >= 4 is 22.6 Å². The van der Waals surface area contributed by atoms with Crippen molar-refractivity contribution in [2.24, 2.45) is 10.7 Å². The lowest BCUT2D eigenvalue weighted by atomic mass is 9.86. The summed E-state index contributed by atoms with van der Waals surface area (Å²) in [5, 5.41) is 33.4. The topological polar surface area (TPSA) is 122 Å². The van der Waals surface area contributed by atoms with Crippen LogP contribution in [0.15, 0.2) is 107 Å². The van der Waals surface area contributed by atoms with Gasteiger partial charge in [-0.15, -0.1) is 0 Å². The Morgan fingerprint density at radius 3 is 1.62 bits per heavy atom. The summed E-state index contributed by atoms with van der Waals surface area (Å²) in [7, 11) is 0. The summed E-state index contributed by atoms with van der Waals surface area (Å²) in [6.45, 7) is 1.74. The molecule has 4 aromatic rings. The van der Waals surface area contributed by atoms with E-state index in [1.807, 2.05) is 18.2 Å². The Hall–Kier alpha value is -6.58. The molecular formula is C38H20F6N6. The third-order valence-electron chi connectivity index (χ3n) is 9.10. The number of allylic oxidation sites excluding steroid dienone is 3. The summed E-state index contributed by atoms with van der Waals surface area (Å²) in [5.74, 6) is 0. The molecule has 0 aromatic heterocycles. The summed E-state index contributed by atoms with van der Waals surface area (Å²) >= 11 is 0. The molecule has 0 radical (unpaired) electrons. The zero-order valence-corrected chi connectivity index (χ0v) is 25.7. The Kier molecular flexibility index (Phi) is 7.02. The first kappa shape index (κ1) is 32.0. The number of fused-ring (bicyclic) bond motifs is 5. The summed E-state index contributed by atoms with van der Waals surface area (Å²) in [5.41, 5.74) is 9.01. The molecule has 0 fully saturated rings. The van der Waals surface area contributed by atoms with Crippen LogP contribution >= 0.6 is 0 Å². The number of nitrogens with two attached hydrogens (primary N) is 1. The third kappa shape index (κ3) is 4.83. The molecular weight excluding hydrogens is 654 g/mol. The highest BCUT2D eigenvalue weighted by atomic mass is 19.4. The zero-order valence-electron chi connectivity index (χ0n) is 25.7. The SMILES string of the molecule is CC12NC3=C(N=C1c1cc(-c4ccc(C(F)(F)F)cc4)ccc1C2=C(C#N)C#N)/C(=C(\N)C#N)c1ccc(-c2ccc(C(F)(F)F)cc2)cc13. The largest absolute Gasteiger partial charge is 0.416 e. The molecule has 3 N–H and O–H groups in total. The number of rotatable bonds is 2. The number of nitrogens with one attached hydrogen (secondary N) is 1. The predicted octanol–water partition coefficient (Wildman–Crippen LogP) is 8.60. The van der Waals surface area contributed by atoms with Crippen molar-refractivity contribution in [3.63, 3.8) is 0 Å². The summed E-state index contributed by atoms with van der Waals surface area (Å²) < 4.78 is 79.4. The second-order valence-electron chi connectivity index (χ2n) is 12.0. The fourth-order valence-corrected chi connectivity index (χ4v) is 6.77. The van der Waals surface area contributed by atoms with Gasteiger partial charge < -0.3 is 11.1 Å². The van der Waals surface area contributed by atoms with Gasteiger partial charge in [0.15, 0.2) is 0 Å². The van der Waals surface area contributed by atoms with Crippen LogP contribution in [-0.2, 0) is 12.4 Å².